The van der Waals surface area contributed by atoms with Crippen LogP contribution in [0.2, 0.25) is 0 Å². The van der Waals surface area contributed by atoms with Crippen molar-refractivity contribution >= 4 is 0 Å². The Balaban J connectivity index is 2.27. The molecule has 0 radical (unpaired) electrons. The van der Waals surface area contributed by atoms with Gasteiger partial charge in [-0.05, 0) is 32.4 Å². The second kappa shape index (κ2) is 7.38. The van der Waals surface area contributed by atoms with Gasteiger partial charge >= 0.3 is 0 Å². The topological polar surface area (TPSA) is 15.3 Å². The Labute approximate surface area is 108 Å². The van der Waals surface area contributed by atoms with Crippen LogP contribution >= 0.6 is 0 Å². The Hall–Kier alpha value is -0.0800. The van der Waals surface area contributed by atoms with Crippen molar-refractivity contribution in [3.8, 4) is 0 Å². The van der Waals surface area contributed by atoms with Crippen LogP contribution in [0.25, 0.3) is 0 Å². The monoisotopic (exact) mass is 240 g/mol. The van der Waals surface area contributed by atoms with Crippen molar-refractivity contribution in [2.24, 2.45) is 5.41 Å². The van der Waals surface area contributed by atoms with Crippen molar-refractivity contribution in [3.63, 3.8) is 0 Å². The molecule has 1 rings (SSSR count). The van der Waals surface area contributed by atoms with E-state index in [9.17, 15) is 0 Å². The van der Waals surface area contributed by atoms with Crippen molar-refractivity contribution in [2.75, 3.05) is 27.2 Å². The molecule has 0 aromatic carbocycles. The lowest BCUT2D eigenvalue weighted by Crippen LogP contribution is -2.41. The van der Waals surface area contributed by atoms with Gasteiger partial charge in [0, 0.05) is 19.1 Å². The Morgan fingerprint density at radius 1 is 1.00 bits per heavy atom. The average Bonchev–Trinajstić information content (AvgIpc) is 2.13. The van der Waals surface area contributed by atoms with Gasteiger partial charge in [0.2, 0.25) is 0 Å². The number of hydrogen-bond acceptors (Lipinski definition) is 2. The zero-order valence-electron chi connectivity index (χ0n) is 12.4. The highest BCUT2D eigenvalue weighted by Gasteiger charge is 2.20. The molecular weight excluding hydrogens is 208 g/mol. The molecule has 0 spiro atoms. The number of nitrogens with one attached hydrogen (secondary N) is 1. The van der Waals surface area contributed by atoms with E-state index in [1.165, 1.54) is 44.9 Å². The maximum Gasteiger partial charge on any atom is 0.00673 e. The minimum atomic E-state index is 0.381. The molecule has 1 aliphatic carbocycles. The highest BCUT2D eigenvalue weighted by Crippen LogP contribution is 2.19. The van der Waals surface area contributed by atoms with E-state index in [1.807, 2.05) is 0 Å². The second-order valence-electron chi connectivity index (χ2n) is 6.82. The van der Waals surface area contributed by atoms with E-state index in [-0.39, 0.29) is 0 Å². The van der Waals surface area contributed by atoms with E-state index >= 15 is 0 Å². The number of rotatable bonds is 5. The van der Waals surface area contributed by atoms with Crippen molar-refractivity contribution in [1.82, 2.24) is 10.2 Å². The summed E-state index contributed by atoms with van der Waals surface area (Å²) >= 11 is 0. The maximum atomic E-state index is 3.81. The predicted octanol–water partition coefficient (Wildman–Crippen LogP) is 3.28. The summed E-state index contributed by atoms with van der Waals surface area (Å²) < 4.78 is 0. The molecule has 1 N–H and O–H groups in total. The molecule has 0 heterocycles. The fraction of sp³-hybridized carbons (Fsp3) is 1.00. The summed E-state index contributed by atoms with van der Waals surface area (Å²) in [6.45, 7) is 7.04. The lowest BCUT2D eigenvalue weighted by molar-refractivity contribution is 0.219. The molecule has 1 aliphatic rings. The van der Waals surface area contributed by atoms with Gasteiger partial charge in [-0.15, -0.1) is 0 Å². The van der Waals surface area contributed by atoms with Gasteiger partial charge < -0.3 is 10.2 Å². The Morgan fingerprint density at radius 2 is 1.53 bits per heavy atom. The molecule has 17 heavy (non-hydrogen) atoms. The molecular formula is C15H32N2. The Bertz CT molecular complexity index is 191. The third-order valence-corrected chi connectivity index (χ3v) is 3.72. The summed E-state index contributed by atoms with van der Waals surface area (Å²) in [5.74, 6) is 0. The normalized spacial score (nSPS) is 20.3. The second-order valence-corrected chi connectivity index (χ2v) is 6.82. The molecule has 2 nitrogen and oxygen atoms in total. The van der Waals surface area contributed by atoms with Crippen molar-refractivity contribution in [3.05, 3.63) is 0 Å². The molecule has 0 unspecified atom stereocenters. The minimum Gasteiger partial charge on any atom is -0.313 e. The van der Waals surface area contributed by atoms with Crippen LogP contribution in [0.4, 0.5) is 0 Å². The zero-order valence-corrected chi connectivity index (χ0v) is 12.4. The third kappa shape index (κ3) is 7.05. The number of nitrogens with zero attached hydrogens (tertiary/aromatic N) is 1. The fourth-order valence-electron chi connectivity index (χ4n) is 2.99. The molecule has 0 bridgehead atoms. The van der Waals surface area contributed by atoms with Gasteiger partial charge in [-0.25, -0.2) is 0 Å². The Kier molecular flexibility index (Phi) is 6.50. The van der Waals surface area contributed by atoms with E-state index in [0.717, 1.165) is 19.1 Å². The highest BCUT2D eigenvalue weighted by atomic mass is 15.1. The lowest BCUT2D eigenvalue weighted by atomic mass is 9.91. The SMILES string of the molecule is CN(C)CC(C)(C)CNC1CCCCCCC1. The van der Waals surface area contributed by atoms with Crippen molar-refractivity contribution in [1.29, 1.82) is 0 Å². The van der Waals surface area contributed by atoms with Crippen LogP contribution in [-0.4, -0.2) is 38.1 Å². The van der Waals surface area contributed by atoms with E-state index in [0.29, 0.717) is 5.41 Å². The first-order chi connectivity index (χ1) is 7.99. The molecule has 0 aromatic heterocycles. The van der Waals surface area contributed by atoms with Crippen LogP contribution < -0.4 is 5.32 Å². The fourth-order valence-corrected chi connectivity index (χ4v) is 2.99. The van der Waals surface area contributed by atoms with Gasteiger partial charge in [-0.1, -0.05) is 46.0 Å². The highest BCUT2D eigenvalue weighted by molar-refractivity contribution is 4.78. The minimum absolute atomic E-state index is 0.381. The summed E-state index contributed by atoms with van der Waals surface area (Å²) in [7, 11) is 4.33. The van der Waals surface area contributed by atoms with Gasteiger partial charge in [-0.2, -0.15) is 0 Å². The predicted molar refractivity (Wildman–Crippen MR) is 76.4 cm³/mol. The quantitative estimate of drug-likeness (QED) is 0.793. The molecule has 0 amide bonds. The van der Waals surface area contributed by atoms with Gasteiger partial charge in [0.15, 0.2) is 0 Å². The van der Waals surface area contributed by atoms with Crippen LogP contribution in [-0.2, 0) is 0 Å². The summed E-state index contributed by atoms with van der Waals surface area (Å²) in [6, 6.07) is 0.775. The van der Waals surface area contributed by atoms with E-state index in [4.69, 9.17) is 0 Å². The lowest BCUT2D eigenvalue weighted by Gasteiger charge is -2.31. The first-order valence-corrected chi connectivity index (χ1v) is 7.38. The first kappa shape index (κ1) is 15.0. The molecule has 0 atom stereocenters. The standard InChI is InChI=1S/C15H32N2/c1-15(2,13-17(3)4)12-16-14-10-8-6-5-7-9-11-14/h14,16H,5-13H2,1-4H3. The summed E-state index contributed by atoms with van der Waals surface area (Å²) in [4.78, 5) is 2.29. The van der Waals surface area contributed by atoms with E-state index in [1.54, 1.807) is 0 Å². The average molecular weight is 240 g/mol. The summed E-state index contributed by atoms with van der Waals surface area (Å²) in [6.07, 6.45) is 9.96. The molecule has 0 aliphatic heterocycles. The van der Waals surface area contributed by atoms with E-state index < -0.39 is 0 Å². The largest absolute Gasteiger partial charge is 0.313 e. The van der Waals surface area contributed by atoms with Crippen LogP contribution in [0.15, 0.2) is 0 Å². The smallest absolute Gasteiger partial charge is 0.00673 e. The molecule has 2 heteroatoms. The van der Waals surface area contributed by atoms with Gasteiger partial charge in [-0.3, -0.25) is 0 Å². The van der Waals surface area contributed by atoms with Gasteiger partial charge in [0.25, 0.3) is 0 Å². The summed E-state index contributed by atoms with van der Waals surface area (Å²) in [5.41, 5.74) is 0.381. The molecule has 1 fully saturated rings. The maximum absolute atomic E-state index is 3.81. The van der Waals surface area contributed by atoms with Crippen LogP contribution in [0.3, 0.4) is 0 Å². The van der Waals surface area contributed by atoms with Gasteiger partial charge in [0.1, 0.15) is 0 Å². The number of hydrogen-bond donors (Lipinski definition) is 1. The van der Waals surface area contributed by atoms with Crippen molar-refractivity contribution in [2.45, 2.75) is 64.8 Å². The molecule has 0 aromatic rings. The molecule has 102 valence electrons. The van der Waals surface area contributed by atoms with Crippen LogP contribution in [0, 0.1) is 5.41 Å². The zero-order chi connectivity index (χ0) is 12.7. The first-order valence-electron chi connectivity index (χ1n) is 7.38. The van der Waals surface area contributed by atoms with E-state index in [2.05, 4.69) is 38.2 Å². The molecule has 0 saturated heterocycles. The van der Waals surface area contributed by atoms with Crippen molar-refractivity contribution < 1.29 is 0 Å². The Morgan fingerprint density at radius 3 is 2.06 bits per heavy atom. The molecule has 1 saturated carbocycles. The van der Waals surface area contributed by atoms with Gasteiger partial charge in [0.05, 0.1) is 0 Å². The van der Waals surface area contributed by atoms with Crippen LogP contribution in [0.5, 0.6) is 0 Å². The van der Waals surface area contributed by atoms with Crippen LogP contribution in [0.1, 0.15) is 58.8 Å². The third-order valence-electron chi connectivity index (χ3n) is 3.72. The summed E-state index contributed by atoms with van der Waals surface area (Å²) in [5, 5.41) is 3.81.